The Morgan fingerprint density at radius 1 is 1.72 bits per heavy atom. The Bertz CT molecular complexity index is 424. The summed E-state index contributed by atoms with van der Waals surface area (Å²) in [5.74, 6) is -0.0409. The molecule has 1 aliphatic rings. The molecule has 1 saturated heterocycles. The molecule has 3 N–H and O–H groups in total. The highest BCUT2D eigenvalue weighted by atomic mass is 16.5. The molecule has 1 aromatic rings. The van der Waals surface area contributed by atoms with Crippen LogP contribution in [0.4, 0.5) is 5.69 Å². The molecule has 18 heavy (non-hydrogen) atoms. The molecule has 0 spiro atoms. The van der Waals surface area contributed by atoms with Crippen molar-refractivity contribution < 1.29 is 9.53 Å². The summed E-state index contributed by atoms with van der Waals surface area (Å²) in [7, 11) is 1.63. The van der Waals surface area contributed by atoms with E-state index in [1.807, 2.05) is 17.0 Å². The molecule has 6 heteroatoms. The van der Waals surface area contributed by atoms with Gasteiger partial charge in [-0.2, -0.15) is 0 Å². The van der Waals surface area contributed by atoms with Gasteiger partial charge in [-0.3, -0.25) is 9.78 Å². The Morgan fingerprint density at radius 2 is 2.56 bits per heavy atom. The number of pyridine rings is 1. The van der Waals surface area contributed by atoms with Gasteiger partial charge in [-0.15, -0.1) is 0 Å². The van der Waals surface area contributed by atoms with Gasteiger partial charge < -0.3 is 20.7 Å². The van der Waals surface area contributed by atoms with Crippen molar-refractivity contribution in [3.05, 3.63) is 24.0 Å². The van der Waals surface area contributed by atoms with Gasteiger partial charge in [-0.25, -0.2) is 0 Å². The number of rotatable bonds is 3. The first-order valence-corrected chi connectivity index (χ1v) is 5.97. The lowest BCUT2D eigenvalue weighted by Gasteiger charge is -2.36. The number of likely N-dealkylation sites (N-methyl/N-ethyl adjacent to an activating group) is 1. The Kier molecular flexibility index (Phi) is 4.11. The van der Waals surface area contributed by atoms with Gasteiger partial charge in [0.2, 0.25) is 5.91 Å². The van der Waals surface area contributed by atoms with E-state index in [1.54, 1.807) is 13.2 Å². The third-order valence-electron chi connectivity index (χ3n) is 3.02. The van der Waals surface area contributed by atoms with E-state index >= 15 is 0 Å². The first-order chi connectivity index (χ1) is 8.76. The summed E-state index contributed by atoms with van der Waals surface area (Å²) < 4.78 is 5.37. The molecule has 98 valence electrons. The molecule has 1 fully saturated rings. The zero-order valence-corrected chi connectivity index (χ0v) is 10.4. The first-order valence-electron chi connectivity index (χ1n) is 5.97. The van der Waals surface area contributed by atoms with Crippen molar-refractivity contribution in [2.75, 3.05) is 31.7 Å². The van der Waals surface area contributed by atoms with Crippen LogP contribution in [0.3, 0.4) is 0 Å². The number of aromatic nitrogens is 1. The second-order valence-electron chi connectivity index (χ2n) is 4.11. The molecule has 0 bridgehead atoms. The number of carbonyl (C=O) groups is 1. The van der Waals surface area contributed by atoms with E-state index < -0.39 is 0 Å². The number of ether oxygens (including phenoxy) is 1. The summed E-state index contributed by atoms with van der Waals surface area (Å²) in [6.07, 6.45) is 1.72. The van der Waals surface area contributed by atoms with Gasteiger partial charge in [0.05, 0.1) is 18.9 Å². The number of morpholine rings is 1. The number of hydrogen-bond acceptors (Lipinski definition) is 5. The van der Waals surface area contributed by atoms with E-state index in [0.717, 1.165) is 11.4 Å². The average molecular weight is 250 g/mol. The standard InChI is InChI=1S/C12H18N4O2/c1-14-12(17)11-8-18-5-4-16(11)10-2-3-15-9(6-10)7-13/h2-3,6,11H,4-5,7-8,13H2,1H3,(H,14,17). The van der Waals surface area contributed by atoms with E-state index in [-0.39, 0.29) is 11.9 Å². The van der Waals surface area contributed by atoms with Gasteiger partial charge in [0.25, 0.3) is 0 Å². The van der Waals surface area contributed by atoms with Crippen LogP contribution in [0.1, 0.15) is 5.69 Å². The fraction of sp³-hybridized carbons (Fsp3) is 0.500. The van der Waals surface area contributed by atoms with Crippen LogP contribution in [0, 0.1) is 0 Å². The largest absolute Gasteiger partial charge is 0.377 e. The van der Waals surface area contributed by atoms with E-state index in [9.17, 15) is 4.79 Å². The fourth-order valence-electron chi connectivity index (χ4n) is 2.05. The Hall–Kier alpha value is -1.66. The van der Waals surface area contributed by atoms with Crippen molar-refractivity contribution >= 4 is 11.6 Å². The molecular weight excluding hydrogens is 232 g/mol. The van der Waals surface area contributed by atoms with Gasteiger partial charge in [0, 0.05) is 32.0 Å². The number of anilines is 1. The summed E-state index contributed by atoms with van der Waals surface area (Å²) >= 11 is 0. The summed E-state index contributed by atoms with van der Waals surface area (Å²) in [6, 6.07) is 3.51. The van der Waals surface area contributed by atoms with Crippen LogP contribution in [-0.2, 0) is 16.1 Å². The number of nitrogens with two attached hydrogens (primary N) is 1. The lowest BCUT2D eigenvalue weighted by Crippen LogP contribution is -2.53. The van der Waals surface area contributed by atoms with Crippen LogP contribution < -0.4 is 16.0 Å². The summed E-state index contributed by atoms with van der Waals surface area (Å²) in [4.78, 5) is 18.0. The second-order valence-corrected chi connectivity index (χ2v) is 4.11. The maximum absolute atomic E-state index is 11.8. The van der Waals surface area contributed by atoms with Crippen molar-refractivity contribution in [2.24, 2.45) is 5.73 Å². The predicted molar refractivity (Wildman–Crippen MR) is 68.1 cm³/mol. The monoisotopic (exact) mass is 250 g/mol. The second kappa shape index (κ2) is 5.79. The smallest absolute Gasteiger partial charge is 0.244 e. The fourth-order valence-corrected chi connectivity index (χ4v) is 2.05. The van der Waals surface area contributed by atoms with Crippen molar-refractivity contribution in [3.63, 3.8) is 0 Å². The van der Waals surface area contributed by atoms with Crippen LogP contribution >= 0.6 is 0 Å². The molecule has 0 aliphatic carbocycles. The van der Waals surface area contributed by atoms with Crippen LogP contribution in [-0.4, -0.2) is 43.7 Å². The zero-order valence-electron chi connectivity index (χ0n) is 10.4. The third kappa shape index (κ3) is 2.60. The number of amides is 1. The highest BCUT2D eigenvalue weighted by molar-refractivity contribution is 5.85. The van der Waals surface area contributed by atoms with Gasteiger partial charge >= 0.3 is 0 Å². The van der Waals surface area contributed by atoms with Crippen molar-refractivity contribution in [1.29, 1.82) is 0 Å². The van der Waals surface area contributed by atoms with E-state index in [4.69, 9.17) is 10.5 Å². The molecule has 2 heterocycles. The minimum Gasteiger partial charge on any atom is -0.377 e. The Labute approximate surface area is 106 Å². The van der Waals surface area contributed by atoms with E-state index in [1.165, 1.54) is 0 Å². The van der Waals surface area contributed by atoms with Crippen LogP contribution in [0.25, 0.3) is 0 Å². The van der Waals surface area contributed by atoms with E-state index in [2.05, 4.69) is 10.3 Å². The van der Waals surface area contributed by atoms with Gasteiger partial charge in [-0.1, -0.05) is 0 Å². The number of nitrogens with one attached hydrogen (secondary N) is 1. The van der Waals surface area contributed by atoms with Gasteiger partial charge in [-0.05, 0) is 12.1 Å². The topological polar surface area (TPSA) is 80.5 Å². The number of nitrogens with zero attached hydrogens (tertiary/aromatic N) is 2. The lowest BCUT2D eigenvalue weighted by atomic mass is 10.1. The molecule has 6 nitrogen and oxygen atoms in total. The number of hydrogen-bond donors (Lipinski definition) is 2. The van der Waals surface area contributed by atoms with Crippen molar-refractivity contribution in [3.8, 4) is 0 Å². The summed E-state index contributed by atoms with van der Waals surface area (Å²) in [5, 5.41) is 2.66. The highest BCUT2D eigenvalue weighted by Crippen LogP contribution is 2.20. The highest BCUT2D eigenvalue weighted by Gasteiger charge is 2.29. The summed E-state index contributed by atoms with van der Waals surface area (Å²) in [6.45, 7) is 2.10. The van der Waals surface area contributed by atoms with E-state index in [0.29, 0.717) is 26.3 Å². The van der Waals surface area contributed by atoms with Crippen LogP contribution in [0.15, 0.2) is 18.3 Å². The van der Waals surface area contributed by atoms with Crippen molar-refractivity contribution in [1.82, 2.24) is 10.3 Å². The van der Waals surface area contributed by atoms with Gasteiger partial charge in [0.15, 0.2) is 0 Å². The van der Waals surface area contributed by atoms with Gasteiger partial charge in [0.1, 0.15) is 6.04 Å². The van der Waals surface area contributed by atoms with Crippen molar-refractivity contribution in [2.45, 2.75) is 12.6 Å². The first kappa shape index (κ1) is 12.8. The molecule has 0 radical (unpaired) electrons. The summed E-state index contributed by atoms with van der Waals surface area (Å²) in [5.41, 5.74) is 7.36. The normalized spacial score (nSPS) is 19.7. The molecule has 1 aliphatic heterocycles. The maximum atomic E-state index is 11.8. The molecule has 0 saturated carbocycles. The lowest BCUT2D eigenvalue weighted by molar-refractivity contribution is -0.124. The molecule has 2 rings (SSSR count). The quantitative estimate of drug-likeness (QED) is 0.755. The molecular formula is C12H18N4O2. The molecule has 0 aromatic carbocycles. The number of carbonyl (C=O) groups excluding carboxylic acids is 1. The average Bonchev–Trinajstić information content (AvgIpc) is 2.46. The SMILES string of the molecule is CNC(=O)C1COCCN1c1ccnc(CN)c1. The molecule has 1 unspecified atom stereocenters. The van der Waals surface area contributed by atoms with Crippen LogP contribution in [0.2, 0.25) is 0 Å². The zero-order chi connectivity index (χ0) is 13.0. The van der Waals surface area contributed by atoms with Crippen LogP contribution in [0.5, 0.6) is 0 Å². The molecule has 1 amide bonds. The minimum absolute atomic E-state index is 0.0409. The molecule has 1 atom stereocenters. The molecule has 1 aromatic heterocycles. The predicted octanol–water partition coefficient (Wildman–Crippen LogP) is -0.508. The Morgan fingerprint density at radius 3 is 3.28 bits per heavy atom. The Balaban J connectivity index is 2.24. The minimum atomic E-state index is -0.295. The third-order valence-corrected chi connectivity index (χ3v) is 3.02. The maximum Gasteiger partial charge on any atom is 0.244 e.